The number of hydrogen-bond acceptors (Lipinski definition) is 5. The molecule has 0 spiro atoms. The molecule has 98 valence electrons. The third-order valence-electron chi connectivity index (χ3n) is 2.58. The predicted octanol–water partition coefficient (Wildman–Crippen LogP) is 3.11. The highest BCUT2D eigenvalue weighted by Gasteiger charge is 2.17. The van der Waals surface area contributed by atoms with Crippen LogP contribution in [0.5, 0.6) is 0 Å². The molecule has 0 aliphatic rings. The summed E-state index contributed by atoms with van der Waals surface area (Å²) in [5, 5.41) is 18.1. The van der Waals surface area contributed by atoms with E-state index < -0.39 is 0 Å². The standard InChI is InChI=1S/C11H16ClN5S/c1-4-5-6-13-11-15-14-10(18-11)9-8(12)7(2)16-17(9)3/h4-6H2,1-3H3,(H,13,15). The Morgan fingerprint density at radius 3 is 2.78 bits per heavy atom. The molecule has 18 heavy (non-hydrogen) atoms. The molecule has 0 bridgehead atoms. The van der Waals surface area contributed by atoms with Gasteiger partial charge in [-0.1, -0.05) is 36.3 Å². The second-order valence-corrected chi connectivity index (χ2v) is 5.42. The number of anilines is 1. The van der Waals surface area contributed by atoms with Gasteiger partial charge in [0.2, 0.25) is 5.13 Å². The van der Waals surface area contributed by atoms with Crippen LogP contribution in [0, 0.1) is 6.92 Å². The smallest absolute Gasteiger partial charge is 0.206 e. The van der Waals surface area contributed by atoms with E-state index in [1.165, 1.54) is 11.3 Å². The van der Waals surface area contributed by atoms with E-state index in [2.05, 4.69) is 27.5 Å². The Hall–Kier alpha value is -1.14. The lowest BCUT2D eigenvalue weighted by Gasteiger charge is -1.98. The van der Waals surface area contributed by atoms with E-state index in [1.807, 2.05) is 14.0 Å². The highest BCUT2D eigenvalue weighted by molar-refractivity contribution is 7.18. The maximum Gasteiger partial charge on any atom is 0.206 e. The van der Waals surface area contributed by atoms with E-state index in [-0.39, 0.29) is 0 Å². The molecular formula is C11H16ClN5S. The number of rotatable bonds is 5. The average molecular weight is 286 g/mol. The highest BCUT2D eigenvalue weighted by Crippen LogP contribution is 2.33. The van der Waals surface area contributed by atoms with Crippen LogP contribution in [0.4, 0.5) is 5.13 Å². The molecule has 2 aromatic heterocycles. The SMILES string of the molecule is CCCCNc1nnc(-c2c(Cl)c(C)nn2C)s1. The molecule has 2 aromatic rings. The molecule has 0 amide bonds. The summed E-state index contributed by atoms with van der Waals surface area (Å²) < 4.78 is 1.74. The summed E-state index contributed by atoms with van der Waals surface area (Å²) in [5.74, 6) is 0. The van der Waals surface area contributed by atoms with Crippen molar-refractivity contribution in [3.8, 4) is 10.7 Å². The molecule has 0 aromatic carbocycles. The summed E-state index contributed by atoms with van der Waals surface area (Å²) in [6, 6.07) is 0. The molecule has 0 fully saturated rings. The summed E-state index contributed by atoms with van der Waals surface area (Å²) in [4.78, 5) is 0. The van der Waals surface area contributed by atoms with Crippen molar-refractivity contribution in [1.82, 2.24) is 20.0 Å². The first-order chi connectivity index (χ1) is 8.63. The molecule has 0 atom stereocenters. The van der Waals surface area contributed by atoms with Crippen LogP contribution in [0.25, 0.3) is 10.7 Å². The number of halogens is 1. The predicted molar refractivity (Wildman–Crippen MR) is 75.3 cm³/mol. The zero-order valence-corrected chi connectivity index (χ0v) is 12.3. The van der Waals surface area contributed by atoms with Crippen LogP contribution in [0.3, 0.4) is 0 Å². The fraction of sp³-hybridized carbons (Fsp3) is 0.545. The molecule has 1 N–H and O–H groups in total. The van der Waals surface area contributed by atoms with E-state index in [9.17, 15) is 0 Å². The van der Waals surface area contributed by atoms with Gasteiger partial charge < -0.3 is 5.32 Å². The first-order valence-corrected chi connectivity index (χ1v) is 7.09. The van der Waals surface area contributed by atoms with Crippen molar-refractivity contribution in [1.29, 1.82) is 0 Å². The van der Waals surface area contributed by atoms with Crippen LogP contribution in [0.2, 0.25) is 5.02 Å². The molecule has 2 heterocycles. The summed E-state index contributed by atoms with van der Waals surface area (Å²) in [6.45, 7) is 4.96. The van der Waals surface area contributed by atoms with Gasteiger partial charge in [-0.2, -0.15) is 5.10 Å². The second-order valence-electron chi connectivity index (χ2n) is 4.06. The molecule has 0 saturated heterocycles. The Balaban J connectivity index is 2.19. The molecule has 5 nitrogen and oxygen atoms in total. The Morgan fingerprint density at radius 1 is 1.39 bits per heavy atom. The quantitative estimate of drug-likeness (QED) is 0.858. The van der Waals surface area contributed by atoms with E-state index in [1.54, 1.807) is 4.68 Å². The number of aryl methyl sites for hydroxylation is 2. The maximum absolute atomic E-state index is 6.22. The van der Waals surface area contributed by atoms with Gasteiger partial charge in [-0.05, 0) is 13.3 Å². The number of unbranched alkanes of at least 4 members (excludes halogenated alkanes) is 1. The number of hydrogen-bond donors (Lipinski definition) is 1. The van der Waals surface area contributed by atoms with E-state index in [0.29, 0.717) is 5.02 Å². The Labute approximate surface area is 115 Å². The van der Waals surface area contributed by atoms with Crippen LogP contribution in [0.15, 0.2) is 0 Å². The van der Waals surface area contributed by atoms with E-state index in [4.69, 9.17) is 11.6 Å². The Morgan fingerprint density at radius 2 is 2.17 bits per heavy atom. The molecule has 2 rings (SSSR count). The van der Waals surface area contributed by atoms with Crippen molar-refractivity contribution < 1.29 is 0 Å². The van der Waals surface area contributed by atoms with E-state index in [0.717, 1.165) is 40.9 Å². The third kappa shape index (κ3) is 2.64. The average Bonchev–Trinajstić information content (AvgIpc) is 2.86. The first kappa shape index (κ1) is 13.3. The monoisotopic (exact) mass is 285 g/mol. The van der Waals surface area contributed by atoms with Gasteiger partial charge in [-0.3, -0.25) is 4.68 Å². The fourth-order valence-corrected chi connectivity index (χ4v) is 2.78. The normalized spacial score (nSPS) is 10.9. The largest absolute Gasteiger partial charge is 0.360 e. The lowest BCUT2D eigenvalue weighted by Crippen LogP contribution is -1.99. The molecule has 0 radical (unpaired) electrons. The lowest BCUT2D eigenvalue weighted by atomic mass is 10.3. The minimum Gasteiger partial charge on any atom is -0.360 e. The number of nitrogens with zero attached hydrogens (tertiary/aromatic N) is 4. The Kier molecular flexibility index (Phi) is 4.19. The van der Waals surface area contributed by atoms with E-state index >= 15 is 0 Å². The zero-order chi connectivity index (χ0) is 13.1. The molecule has 7 heteroatoms. The second kappa shape index (κ2) is 5.67. The summed E-state index contributed by atoms with van der Waals surface area (Å²) in [6.07, 6.45) is 2.28. The van der Waals surface area contributed by atoms with Gasteiger partial charge in [0.1, 0.15) is 5.69 Å². The topological polar surface area (TPSA) is 55.6 Å². The fourth-order valence-electron chi connectivity index (χ4n) is 1.63. The summed E-state index contributed by atoms with van der Waals surface area (Å²) in [7, 11) is 1.86. The number of nitrogens with one attached hydrogen (secondary N) is 1. The van der Waals surface area contributed by atoms with Gasteiger partial charge in [0.15, 0.2) is 5.01 Å². The van der Waals surface area contributed by atoms with Gasteiger partial charge >= 0.3 is 0 Å². The molecular weight excluding hydrogens is 270 g/mol. The lowest BCUT2D eigenvalue weighted by molar-refractivity contribution is 0.762. The van der Waals surface area contributed by atoms with Crippen molar-refractivity contribution in [2.75, 3.05) is 11.9 Å². The third-order valence-corrected chi connectivity index (χ3v) is 3.92. The van der Waals surface area contributed by atoms with Crippen LogP contribution in [-0.2, 0) is 7.05 Å². The summed E-state index contributed by atoms with van der Waals surface area (Å²) >= 11 is 7.72. The molecule has 0 saturated carbocycles. The van der Waals surface area contributed by atoms with Crippen molar-refractivity contribution in [3.63, 3.8) is 0 Å². The highest BCUT2D eigenvalue weighted by atomic mass is 35.5. The minimum absolute atomic E-state index is 0.647. The van der Waals surface area contributed by atoms with Gasteiger partial charge in [-0.15, -0.1) is 10.2 Å². The minimum atomic E-state index is 0.647. The molecule has 0 unspecified atom stereocenters. The first-order valence-electron chi connectivity index (χ1n) is 5.90. The number of aromatic nitrogens is 4. The Bertz CT molecular complexity index is 534. The van der Waals surface area contributed by atoms with Crippen molar-refractivity contribution in [2.24, 2.45) is 7.05 Å². The maximum atomic E-state index is 6.22. The van der Waals surface area contributed by atoms with Gasteiger partial charge in [0.05, 0.1) is 10.7 Å². The van der Waals surface area contributed by atoms with Crippen molar-refractivity contribution in [2.45, 2.75) is 26.7 Å². The van der Waals surface area contributed by atoms with Gasteiger partial charge in [-0.25, -0.2) is 0 Å². The molecule has 0 aliphatic carbocycles. The van der Waals surface area contributed by atoms with Crippen LogP contribution in [0.1, 0.15) is 25.5 Å². The van der Waals surface area contributed by atoms with Crippen LogP contribution in [-0.4, -0.2) is 26.5 Å². The molecule has 0 aliphatic heterocycles. The zero-order valence-electron chi connectivity index (χ0n) is 10.7. The van der Waals surface area contributed by atoms with Crippen LogP contribution >= 0.6 is 22.9 Å². The van der Waals surface area contributed by atoms with Crippen molar-refractivity contribution in [3.05, 3.63) is 10.7 Å². The van der Waals surface area contributed by atoms with Gasteiger partial charge in [0, 0.05) is 13.6 Å². The summed E-state index contributed by atoms with van der Waals surface area (Å²) in [5.41, 5.74) is 1.64. The van der Waals surface area contributed by atoms with Crippen molar-refractivity contribution >= 4 is 28.1 Å². The van der Waals surface area contributed by atoms with Gasteiger partial charge in [0.25, 0.3) is 0 Å². The van der Waals surface area contributed by atoms with Crippen LogP contribution < -0.4 is 5.32 Å².